The third-order valence-corrected chi connectivity index (χ3v) is 4.80. The van der Waals surface area contributed by atoms with E-state index in [1.807, 2.05) is 13.0 Å². The van der Waals surface area contributed by atoms with Gasteiger partial charge in [-0.2, -0.15) is 0 Å². The zero-order valence-electron chi connectivity index (χ0n) is 13.7. The summed E-state index contributed by atoms with van der Waals surface area (Å²) in [6, 6.07) is 5.25. The molecule has 8 heteroatoms. The zero-order chi connectivity index (χ0) is 18.4. The Bertz CT molecular complexity index is 699. The molecular weight excluding hydrogens is 463 g/mol. The van der Waals surface area contributed by atoms with Gasteiger partial charge in [-0.3, -0.25) is 0 Å². The van der Waals surface area contributed by atoms with E-state index in [0.717, 1.165) is 10.0 Å². The molecule has 24 heavy (non-hydrogen) atoms. The Hall–Kier alpha value is -1.31. The van der Waals surface area contributed by atoms with Gasteiger partial charge in [0.25, 0.3) is 0 Å². The first kappa shape index (κ1) is 20.7. The Kier molecular flexibility index (Phi) is 7.99. The molecule has 0 aliphatic heterocycles. The maximum absolute atomic E-state index is 5.81. The van der Waals surface area contributed by atoms with Crippen LogP contribution in [0.25, 0.3) is 0 Å². The van der Waals surface area contributed by atoms with Gasteiger partial charge < -0.3 is 25.7 Å². The number of nitrogen functional groups attached to an aromatic ring is 2. The van der Waals surface area contributed by atoms with E-state index in [0.29, 0.717) is 38.1 Å². The van der Waals surface area contributed by atoms with Gasteiger partial charge in [-0.25, -0.2) is 0 Å². The molecule has 2 aromatic carbocycles. The highest BCUT2D eigenvalue weighted by Gasteiger charge is 2.14. The number of rotatable bonds is 3. The summed E-state index contributed by atoms with van der Waals surface area (Å²) in [4.78, 5) is 0. The van der Waals surface area contributed by atoms with Crippen molar-refractivity contribution in [2.45, 2.75) is 6.92 Å². The van der Waals surface area contributed by atoms with Crippen molar-refractivity contribution < 1.29 is 14.2 Å². The van der Waals surface area contributed by atoms with Crippen LogP contribution in [0.1, 0.15) is 5.56 Å². The highest BCUT2D eigenvalue weighted by molar-refractivity contribution is 9.11. The fourth-order valence-corrected chi connectivity index (χ4v) is 3.66. The molecule has 0 spiro atoms. The molecule has 0 bridgehead atoms. The van der Waals surface area contributed by atoms with Crippen LogP contribution < -0.4 is 25.7 Å². The molecule has 0 fully saturated rings. The van der Waals surface area contributed by atoms with Gasteiger partial charge in [-0.15, -0.1) is 0 Å². The molecular formula is C16H19Br2ClN2O3. The van der Waals surface area contributed by atoms with E-state index < -0.39 is 0 Å². The third-order valence-electron chi connectivity index (χ3n) is 3.08. The normalized spacial score (nSPS) is 9.79. The number of hydrogen-bond acceptors (Lipinski definition) is 5. The summed E-state index contributed by atoms with van der Waals surface area (Å²) >= 11 is 12.5. The molecule has 0 unspecified atom stereocenters. The van der Waals surface area contributed by atoms with Crippen molar-refractivity contribution in [2.75, 3.05) is 32.8 Å². The van der Waals surface area contributed by atoms with E-state index >= 15 is 0 Å². The Morgan fingerprint density at radius 3 is 1.96 bits per heavy atom. The van der Waals surface area contributed by atoms with Gasteiger partial charge in [0.05, 0.1) is 37.2 Å². The van der Waals surface area contributed by atoms with Crippen molar-refractivity contribution in [3.63, 3.8) is 0 Å². The van der Waals surface area contributed by atoms with Crippen molar-refractivity contribution >= 4 is 54.8 Å². The highest BCUT2D eigenvalue weighted by Crippen LogP contribution is 2.43. The first-order valence-electron chi connectivity index (χ1n) is 6.71. The summed E-state index contributed by atoms with van der Waals surface area (Å²) in [6.45, 7) is 1.91. The van der Waals surface area contributed by atoms with Gasteiger partial charge in [0.15, 0.2) is 11.5 Å². The Labute approximate surface area is 163 Å². The lowest BCUT2D eigenvalue weighted by Crippen LogP contribution is -1.96. The van der Waals surface area contributed by atoms with E-state index in [9.17, 15) is 0 Å². The lowest BCUT2D eigenvalue weighted by Gasteiger charge is -2.12. The van der Waals surface area contributed by atoms with Crippen LogP contribution in [-0.2, 0) is 0 Å². The first-order chi connectivity index (χ1) is 11.3. The number of halogens is 3. The molecule has 2 aromatic rings. The lowest BCUT2D eigenvalue weighted by molar-refractivity contribution is 0.389. The number of methoxy groups -OCH3 is 3. The summed E-state index contributed by atoms with van der Waals surface area (Å²) < 4.78 is 16.7. The molecule has 0 aliphatic rings. The molecule has 0 saturated carbocycles. The first-order valence-corrected chi connectivity index (χ1v) is 8.68. The van der Waals surface area contributed by atoms with Gasteiger partial charge in [0, 0.05) is 5.02 Å². The molecule has 0 amide bonds. The number of aryl methyl sites for hydroxylation is 1. The Balaban J connectivity index is 0.000000243. The zero-order valence-corrected chi connectivity index (χ0v) is 17.7. The number of anilines is 2. The van der Waals surface area contributed by atoms with Crippen LogP contribution in [0.2, 0.25) is 5.02 Å². The minimum Gasteiger partial charge on any atom is -0.495 e. The molecule has 0 saturated heterocycles. The number of benzene rings is 2. The summed E-state index contributed by atoms with van der Waals surface area (Å²) in [5.74, 6) is 1.93. The summed E-state index contributed by atoms with van der Waals surface area (Å²) in [5.41, 5.74) is 13.4. The molecule has 4 N–H and O–H groups in total. The van der Waals surface area contributed by atoms with E-state index in [4.69, 9.17) is 37.3 Å². The molecule has 0 heterocycles. The van der Waals surface area contributed by atoms with E-state index in [-0.39, 0.29) is 0 Å². The molecule has 132 valence electrons. The predicted octanol–water partition coefficient (Wildman–Crippen LogP) is 5.05. The van der Waals surface area contributed by atoms with Gasteiger partial charge in [-0.1, -0.05) is 11.6 Å². The van der Waals surface area contributed by atoms with Crippen LogP contribution in [0.4, 0.5) is 11.4 Å². The monoisotopic (exact) mass is 480 g/mol. The van der Waals surface area contributed by atoms with Crippen molar-refractivity contribution in [3.8, 4) is 17.2 Å². The number of ether oxygens (including phenoxy) is 3. The number of nitrogens with two attached hydrogens (primary N) is 2. The minimum atomic E-state index is 0.557. The average molecular weight is 483 g/mol. The lowest BCUT2D eigenvalue weighted by atomic mass is 10.2. The average Bonchev–Trinajstić information content (AvgIpc) is 2.52. The largest absolute Gasteiger partial charge is 0.495 e. The smallest absolute Gasteiger partial charge is 0.159 e. The second-order valence-corrected chi connectivity index (χ2v) is 6.73. The maximum atomic E-state index is 5.81. The fraction of sp³-hybridized carbons (Fsp3) is 0.250. The van der Waals surface area contributed by atoms with E-state index in [1.165, 1.54) is 0 Å². The molecule has 0 aliphatic carbocycles. The second-order valence-electron chi connectivity index (χ2n) is 4.67. The third kappa shape index (κ3) is 4.84. The molecule has 0 radical (unpaired) electrons. The van der Waals surface area contributed by atoms with Crippen LogP contribution in [0, 0.1) is 6.92 Å². The van der Waals surface area contributed by atoms with Crippen molar-refractivity contribution in [1.82, 2.24) is 0 Å². The predicted molar refractivity (Wildman–Crippen MR) is 107 cm³/mol. The fourth-order valence-electron chi connectivity index (χ4n) is 1.84. The summed E-state index contributed by atoms with van der Waals surface area (Å²) in [5, 5.41) is 0.670. The van der Waals surface area contributed by atoms with E-state index in [1.54, 1.807) is 33.5 Å². The van der Waals surface area contributed by atoms with Gasteiger partial charge in [0.1, 0.15) is 10.2 Å². The highest BCUT2D eigenvalue weighted by atomic mass is 79.9. The van der Waals surface area contributed by atoms with Gasteiger partial charge in [0.2, 0.25) is 0 Å². The van der Waals surface area contributed by atoms with Crippen molar-refractivity contribution in [1.29, 1.82) is 0 Å². The Morgan fingerprint density at radius 1 is 0.875 bits per heavy atom. The van der Waals surface area contributed by atoms with Crippen LogP contribution in [0.5, 0.6) is 17.2 Å². The maximum Gasteiger partial charge on any atom is 0.159 e. The quantitative estimate of drug-likeness (QED) is 0.599. The molecule has 2 rings (SSSR count). The summed E-state index contributed by atoms with van der Waals surface area (Å²) in [6.07, 6.45) is 0. The van der Waals surface area contributed by atoms with Gasteiger partial charge in [-0.05, 0) is 62.5 Å². The van der Waals surface area contributed by atoms with Crippen LogP contribution in [-0.4, -0.2) is 21.3 Å². The SMILES string of the molecule is COc1c(N)cc(Br)c(OC)c1Br.COc1cc(C)c(Cl)cc1N. The standard InChI is InChI=1S/C8H9Br2NO2.C8H10ClNO/c1-12-7-4(9)3-5(11)8(13-2)6(7)10;1-5-3-8(11-2)7(10)4-6(5)9/h3H,11H2,1-2H3;3-4H,10H2,1-2H3. The van der Waals surface area contributed by atoms with Crippen LogP contribution >= 0.6 is 43.5 Å². The van der Waals surface area contributed by atoms with Crippen molar-refractivity contribution in [3.05, 3.63) is 37.7 Å². The second kappa shape index (κ2) is 9.25. The van der Waals surface area contributed by atoms with Gasteiger partial charge >= 0.3 is 0 Å². The van der Waals surface area contributed by atoms with Crippen LogP contribution in [0.3, 0.4) is 0 Å². The topological polar surface area (TPSA) is 79.7 Å². The molecule has 0 aromatic heterocycles. The molecule has 5 nitrogen and oxygen atoms in total. The van der Waals surface area contributed by atoms with E-state index in [2.05, 4.69) is 31.9 Å². The number of hydrogen-bond donors (Lipinski definition) is 2. The minimum absolute atomic E-state index is 0.557. The van der Waals surface area contributed by atoms with Crippen LogP contribution in [0.15, 0.2) is 27.1 Å². The van der Waals surface area contributed by atoms with Crippen molar-refractivity contribution in [2.24, 2.45) is 0 Å². The Morgan fingerprint density at radius 2 is 1.46 bits per heavy atom. The molecule has 0 atom stereocenters. The summed E-state index contributed by atoms with van der Waals surface area (Å²) in [7, 11) is 4.73.